The molecule has 0 aliphatic carbocycles. The molecule has 442 valence electrons. The summed E-state index contributed by atoms with van der Waals surface area (Å²) in [6.07, 6.45) is 6.09. The van der Waals surface area contributed by atoms with Gasteiger partial charge in [0.1, 0.15) is 18.1 Å². The van der Waals surface area contributed by atoms with Crippen molar-refractivity contribution in [2.75, 3.05) is 12.4 Å². The van der Waals surface area contributed by atoms with Crippen LogP contribution in [-0.2, 0) is 28.5 Å². The quantitative estimate of drug-likeness (QED) is 0.111. The summed E-state index contributed by atoms with van der Waals surface area (Å²) < 4.78 is 23.8. The van der Waals surface area contributed by atoms with Crippen LogP contribution in [0.3, 0.4) is 0 Å². The number of carbonyl (C=O) groups is 3. The van der Waals surface area contributed by atoms with Crippen LogP contribution in [-0.4, -0.2) is 178 Å². The zero-order valence-electron chi connectivity index (χ0n) is 45.8. The molecule has 2 fully saturated rings. The predicted octanol–water partition coefficient (Wildman–Crippen LogP) is 3.57. The number of benzene rings is 1. The highest BCUT2D eigenvalue weighted by Gasteiger charge is 2.51. The van der Waals surface area contributed by atoms with Crippen LogP contribution < -0.4 is 11.1 Å². The third-order valence-electron chi connectivity index (χ3n) is 14.5. The summed E-state index contributed by atoms with van der Waals surface area (Å²) in [5.74, 6) is -6.77. The van der Waals surface area contributed by atoms with E-state index in [4.69, 9.17) is 24.7 Å². The molecule has 79 heavy (non-hydrogen) atoms. The van der Waals surface area contributed by atoms with E-state index in [1.165, 1.54) is 13.0 Å². The smallest absolute Gasteiger partial charge is 0.311 e. The molecule has 0 spiro atoms. The number of hydrogen-bond donors (Lipinski definition) is 13. The van der Waals surface area contributed by atoms with Crippen molar-refractivity contribution in [1.82, 2.24) is 0 Å². The summed E-state index contributed by atoms with van der Waals surface area (Å²) in [5, 5.41) is 122. The molecule has 1 aromatic rings. The van der Waals surface area contributed by atoms with Crippen molar-refractivity contribution < 1.29 is 89.5 Å². The maximum atomic E-state index is 13.3. The Morgan fingerprint density at radius 3 is 1.89 bits per heavy atom. The molecule has 2 saturated heterocycles. The summed E-state index contributed by atoms with van der Waals surface area (Å²) in [6.45, 7) is 5.31. The average Bonchev–Trinajstić information content (AvgIpc) is 3.40. The highest BCUT2D eigenvalue weighted by molar-refractivity contribution is 5.96. The number of nitrogens with two attached hydrogens (primary N) is 1. The van der Waals surface area contributed by atoms with E-state index in [1.54, 1.807) is 92.1 Å². The highest BCUT2D eigenvalue weighted by atomic mass is 16.7. The number of aliphatic carboxylic acids is 1. The normalized spacial score (nSPS) is 38.3. The second-order valence-electron chi connectivity index (χ2n) is 21.4. The van der Waals surface area contributed by atoms with Gasteiger partial charge in [0.2, 0.25) is 0 Å². The van der Waals surface area contributed by atoms with Crippen LogP contribution >= 0.6 is 0 Å². The number of Topliss-reactive ketones (excluding diaryl/α,β-unsaturated/α-hetero) is 1. The fraction of sp³-hybridized carbons (Fsp3) is 0.610. The largest absolute Gasteiger partial charge is 0.481 e. The molecule has 0 saturated carbocycles. The number of nitrogens with one attached hydrogen (secondary N) is 1. The minimum absolute atomic E-state index is 0.0782. The van der Waals surface area contributed by atoms with Crippen LogP contribution in [0.1, 0.15) is 115 Å². The summed E-state index contributed by atoms with van der Waals surface area (Å²) in [6, 6.07) is 5.82. The lowest BCUT2D eigenvalue weighted by Gasteiger charge is -2.45. The number of ketones is 1. The number of rotatable bonds is 11. The molecule has 0 aromatic heterocycles. The fourth-order valence-electron chi connectivity index (χ4n) is 10.1. The van der Waals surface area contributed by atoms with Gasteiger partial charge >= 0.3 is 11.9 Å². The molecular formula is C59H88N2O18. The minimum Gasteiger partial charge on any atom is -0.481 e. The molecule has 2 bridgehead atoms. The van der Waals surface area contributed by atoms with Crippen molar-refractivity contribution in [2.24, 2.45) is 23.5 Å². The number of carboxylic acids is 1. The molecular weight excluding hydrogens is 1020 g/mol. The van der Waals surface area contributed by atoms with E-state index in [-0.39, 0.29) is 75.4 Å². The van der Waals surface area contributed by atoms with Gasteiger partial charge in [0.25, 0.3) is 0 Å². The number of allylic oxidation sites excluding steroid dienone is 12. The molecule has 3 heterocycles. The maximum Gasteiger partial charge on any atom is 0.311 e. The monoisotopic (exact) mass is 1110 g/mol. The molecule has 0 radical (unpaired) electrons. The lowest BCUT2D eigenvalue weighted by Crippen LogP contribution is -2.61. The van der Waals surface area contributed by atoms with Crippen molar-refractivity contribution in [3.05, 3.63) is 115 Å². The summed E-state index contributed by atoms with van der Waals surface area (Å²) >= 11 is 0. The Kier molecular flexibility index (Phi) is 28.6. The van der Waals surface area contributed by atoms with Crippen LogP contribution in [0.2, 0.25) is 0 Å². The van der Waals surface area contributed by atoms with Gasteiger partial charge < -0.3 is 86.2 Å². The van der Waals surface area contributed by atoms with Crippen LogP contribution in [0.25, 0.3) is 0 Å². The Hall–Kier alpha value is -4.75. The van der Waals surface area contributed by atoms with Crippen molar-refractivity contribution >= 4 is 23.4 Å². The van der Waals surface area contributed by atoms with Gasteiger partial charge in [-0.05, 0) is 88.5 Å². The van der Waals surface area contributed by atoms with E-state index >= 15 is 0 Å². The zero-order valence-corrected chi connectivity index (χ0v) is 45.8. The second kappa shape index (κ2) is 33.9. The van der Waals surface area contributed by atoms with Crippen LogP contribution in [0.15, 0.2) is 109 Å². The number of carbonyl (C=O) groups excluding carboxylic acids is 2. The Morgan fingerprint density at radius 1 is 0.747 bits per heavy atom. The van der Waals surface area contributed by atoms with Crippen LogP contribution in [0.5, 0.6) is 0 Å². The SMILES string of the molecule is CNc1ccc(C(=O)CC(O)CCC(C)C2OC(=O)CC(O)CC(O)CCCC(O)CC(O)CC(O)CC3(O)CC(O)C(C(=O)O)C(CC(OC4O[C@H](C)[C@@H](O)[C@H](N)[C@@H]4O)/C=C/C=C/C=C/C=C\C=C/C=C/C=C/C2C)O3)cc1. The van der Waals surface area contributed by atoms with E-state index in [0.29, 0.717) is 12.0 Å². The van der Waals surface area contributed by atoms with E-state index in [0.717, 1.165) is 5.69 Å². The fourth-order valence-corrected chi connectivity index (χ4v) is 10.1. The van der Waals surface area contributed by atoms with E-state index in [2.05, 4.69) is 5.32 Å². The van der Waals surface area contributed by atoms with Crippen LogP contribution in [0, 0.1) is 17.8 Å². The first kappa shape index (κ1) is 66.8. The number of ether oxygens (including phenoxy) is 4. The van der Waals surface area contributed by atoms with Gasteiger partial charge in [-0.25, -0.2) is 0 Å². The number of fused-ring (bicyclic) bond motifs is 2. The molecule has 3 aliphatic rings. The van der Waals surface area contributed by atoms with Gasteiger partial charge in [-0.1, -0.05) is 98.9 Å². The van der Waals surface area contributed by atoms with E-state index in [1.807, 2.05) is 32.1 Å². The average molecular weight is 1110 g/mol. The van der Waals surface area contributed by atoms with Gasteiger partial charge in [0.15, 0.2) is 17.9 Å². The summed E-state index contributed by atoms with van der Waals surface area (Å²) in [5.41, 5.74) is 7.39. The van der Waals surface area contributed by atoms with Gasteiger partial charge in [-0.3, -0.25) is 14.4 Å². The zero-order chi connectivity index (χ0) is 58.2. The standard InChI is InChI=1S/C59H88N2O18/c1-36-18-15-13-11-9-7-5-6-8-10-12-14-16-21-47(77-58-55(72)53(60)54(71)38(3)76-58)33-50-52(57(73)74)49(69)35-59(75,79-50)34-46(67)30-44(65)28-41(62)19-17-20-42(63)29-45(66)32-51(70)78-56(36)37(2)22-27-43(64)31-48(68)39-23-25-40(61-4)26-24-39/h5-16,18,21,23-26,36-38,41-47,49-50,52-56,58,61-67,69,71-72,75H,17,19-20,22,27-35,60H2,1-4H3,(H,73,74)/b6-5-,9-7-,10-8+,13-11+,14-12+,18-15+,21-16+/t36?,37?,38-,41?,42?,43?,44?,45?,46?,47?,49?,50?,52?,53+,54-,55+,56?,58?,59?/m1/s1. The number of cyclic esters (lactones) is 1. The first-order valence-corrected chi connectivity index (χ1v) is 27.5. The van der Waals surface area contributed by atoms with Crippen molar-refractivity contribution in [2.45, 2.75) is 202 Å². The minimum atomic E-state index is -2.29. The third-order valence-corrected chi connectivity index (χ3v) is 14.5. The first-order valence-electron chi connectivity index (χ1n) is 27.5. The predicted molar refractivity (Wildman–Crippen MR) is 295 cm³/mol. The van der Waals surface area contributed by atoms with Crippen molar-refractivity contribution in [3.63, 3.8) is 0 Å². The van der Waals surface area contributed by atoms with Crippen LogP contribution in [0.4, 0.5) is 5.69 Å². The lowest BCUT2D eigenvalue weighted by molar-refractivity contribution is -0.308. The van der Waals surface area contributed by atoms with Gasteiger partial charge in [-0.15, -0.1) is 0 Å². The van der Waals surface area contributed by atoms with Gasteiger partial charge in [-0.2, -0.15) is 0 Å². The Labute approximate surface area is 463 Å². The molecule has 15 unspecified atom stereocenters. The number of hydrogen-bond acceptors (Lipinski definition) is 19. The molecule has 19 atom stereocenters. The van der Waals surface area contributed by atoms with E-state index < -0.39 is 135 Å². The lowest BCUT2D eigenvalue weighted by atomic mass is 9.82. The van der Waals surface area contributed by atoms with Crippen molar-refractivity contribution in [3.8, 4) is 0 Å². The van der Waals surface area contributed by atoms with E-state index in [9.17, 15) is 70.6 Å². The summed E-state index contributed by atoms with van der Waals surface area (Å²) in [4.78, 5) is 38.8. The topological polar surface area (TPSA) is 349 Å². The molecule has 3 aliphatic heterocycles. The summed E-state index contributed by atoms with van der Waals surface area (Å²) in [7, 11) is 1.78. The number of esters is 1. The number of aliphatic hydroxyl groups is 10. The molecule has 1 aromatic carbocycles. The van der Waals surface area contributed by atoms with Gasteiger partial charge in [0, 0.05) is 49.9 Å². The first-order chi connectivity index (χ1) is 37.5. The molecule has 20 heteroatoms. The molecule has 4 rings (SSSR count). The maximum absolute atomic E-state index is 13.3. The number of anilines is 1. The number of aliphatic hydroxyl groups excluding tert-OH is 9. The Balaban J connectivity index is 1.52. The second-order valence-corrected chi connectivity index (χ2v) is 21.4. The Bertz CT molecular complexity index is 2220. The third kappa shape index (κ3) is 23.3. The number of carboxylic acid groups (broad SMARTS) is 1. The molecule has 20 nitrogen and oxygen atoms in total. The molecule has 0 amide bonds. The Morgan fingerprint density at radius 2 is 1.30 bits per heavy atom. The highest BCUT2D eigenvalue weighted by Crippen LogP contribution is 2.38. The van der Waals surface area contributed by atoms with Gasteiger partial charge in [0.05, 0.1) is 79.6 Å². The molecule has 14 N–H and O–H groups in total. The van der Waals surface area contributed by atoms with Crippen molar-refractivity contribution in [1.29, 1.82) is 0 Å².